The summed E-state index contributed by atoms with van der Waals surface area (Å²) in [6, 6.07) is 14.6. The Hall–Kier alpha value is -2.05. The molecule has 1 N–H and O–H groups in total. The first kappa shape index (κ1) is 20.7. The van der Waals surface area contributed by atoms with E-state index in [2.05, 4.69) is 12.2 Å². The third-order valence-corrected chi connectivity index (χ3v) is 7.45. The minimum absolute atomic E-state index is 0.140. The van der Waals surface area contributed by atoms with Crippen LogP contribution in [0, 0.1) is 5.92 Å². The van der Waals surface area contributed by atoms with Gasteiger partial charge in [0, 0.05) is 6.54 Å². The van der Waals surface area contributed by atoms with Gasteiger partial charge in [-0.25, -0.2) is 8.42 Å². The molecule has 3 rings (SSSR count). The first-order chi connectivity index (χ1) is 13.3. The molecule has 1 aliphatic rings. The van der Waals surface area contributed by atoms with E-state index < -0.39 is 10.0 Å². The summed E-state index contributed by atoms with van der Waals surface area (Å²) in [7, 11) is -3.30. The summed E-state index contributed by atoms with van der Waals surface area (Å²) in [5.74, 6) is -0.185. The Labute approximate surface area is 171 Å². The second kappa shape index (κ2) is 8.53. The maximum atomic E-state index is 13.1. The number of rotatable bonds is 6. The number of benzene rings is 2. The van der Waals surface area contributed by atoms with Gasteiger partial charge < -0.3 is 5.32 Å². The van der Waals surface area contributed by atoms with Crippen LogP contribution < -0.4 is 9.62 Å². The number of nitrogens with one attached hydrogen (secondary N) is 1. The van der Waals surface area contributed by atoms with Crippen molar-refractivity contribution in [2.24, 2.45) is 5.92 Å². The zero-order chi connectivity index (χ0) is 20.3. The number of hydrogen-bond donors (Lipinski definition) is 1. The van der Waals surface area contributed by atoms with E-state index >= 15 is 0 Å². The molecule has 150 valence electrons. The normalized spacial score (nSPS) is 17.9. The zero-order valence-corrected chi connectivity index (χ0v) is 17.6. The molecular formula is C21H25ClN2O3S. The van der Waals surface area contributed by atoms with Gasteiger partial charge in [0.1, 0.15) is 0 Å². The van der Waals surface area contributed by atoms with Crippen LogP contribution in [0.3, 0.4) is 0 Å². The summed E-state index contributed by atoms with van der Waals surface area (Å²) < 4.78 is 25.8. The lowest BCUT2D eigenvalue weighted by atomic mass is 9.85. The summed E-state index contributed by atoms with van der Waals surface area (Å²) in [5.41, 5.74) is 1.90. The Morgan fingerprint density at radius 3 is 2.54 bits per heavy atom. The molecule has 1 fully saturated rings. The van der Waals surface area contributed by atoms with Crippen molar-refractivity contribution in [3.63, 3.8) is 0 Å². The van der Waals surface area contributed by atoms with Crippen molar-refractivity contribution in [1.29, 1.82) is 0 Å². The standard InChI is InChI=1S/C21H25ClN2O3S/c1-3-15(2)20(16-8-5-4-6-9-16)21(25)23-19-14-17(10-11-18(19)22)24-12-7-13-28(24,26)27/h4-6,8-11,14-15,20H,3,7,12-13H2,1-2H3,(H,23,25). The molecule has 0 spiro atoms. The third kappa shape index (κ3) is 4.33. The van der Waals surface area contributed by atoms with Gasteiger partial charge in [0.15, 0.2) is 0 Å². The zero-order valence-electron chi connectivity index (χ0n) is 16.1. The molecule has 1 aliphatic heterocycles. The molecule has 0 saturated carbocycles. The van der Waals surface area contributed by atoms with Gasteiger partial charge in [-0.2, -0.15) is 0 Å². The Bertz CT molecular complexity index is 947. The van der Waals surface area contributed by atoms with Crippen molar-refractivity contribution >= 4 is 38.9 Å². The average Bonchev–Trinajstić information content (AvgIpc) is 3.03. The molecule has 1 heterocycles. The number of carbonyl (C=O) groups is 1. The number of sulfonamides is 1. The van der Waals surface area contributed by atoms with E-state index in [1.807, 2.05) is 37.3 Å². The molecule has 1 saturated heterocycles. The van der Waals surface area contributed by atoms with E-state index in [-0.39, 0.29) is 23.5 Å². The largest absolute Gasteiger partial charge is 0.324 e. The maximum Gasteiger partial charge on any atom is 0.235 e. The van der Waals surface area contributed by atoms with Gasteiger partial charge in [0.05, 0.1) is 28.1 Å². The van der Waals surface area contributed by atoms with Crippen molar-refractivity contribution in [2.75, 3.05) is 21.9 Å². The van der Waals surface area contributed by atoms with Crippen LogP contribution in [0.2, 0.25) is 5.02 Å². The molecule has 1 amide bonds. The molecule has 0 bridgehead atoms. The quantitative estimate of drug-likeness (QED) is 0.739. The smallest absolute Gasteiger partial charge is 0.235 e. The summed E-state index contributed by atoms with van der Waals surface area (Å²) in [5, 5.41) is 3.30. The number of amides is 1. The van der Waals surface area contributed by atoms with Crippen molar-refractivity contribution < 1.29 is 13.2 Å². The van der Waals surface area contributed by atoms with Crippen molar-refractivity contribution in [3.05, 3.63) is 59.1 Å². The first-order valence-corrected chi connectivity index (χ1v) is 11.5. The van der Waals surface area contributed by atoms with E-state index in [9.17, 15) is 13.2 Å². The molecule has 2 atom stereocenters. The average molecular weight is 421 g/mol. The van der Waals surface area contributed by atoms with Gasteiger partial charge in [0.25, 0.3) is 0 Å². The minimum Gasteiger partial charge on any atom is -0.324 e. The van der Waals surface area contributed by atoms with Crippen LogP contribution in [-0.4, -0.2) is 26.6 Å². The molecule has 2 aromatic rings. The summed E-state index contributed by atoms with van der Waals surface area (Å²) >= 11 is 6.30. The monoisotopic (exact) mass is 420 g/mol. The van der Waals surface area contributed by atoms with Crippen LogP contribution in [0.5, 0.6) is 0 Å². The minimum atomic E-state index is -3.30. The van der Waals surface area contributed by atoms with Crippen LogP contribution in [0.4, 0.5) is 11.4 Å². The third-order valence-electron chi connectivity index (χ3n) is 5.25. The van der Waals surface area contributed by atoms with Crippen molar-refractivity contribution in [1.82, 2.24) is 0 Å². The Morgan fingerprint density at radius 2 is 1.93 bits per heavy atom. The van der Waals surface area contributed by atoms with Gasteiger partial charge in [0.2, 0.25) is 15.9 Å². The molecule has 2 aromatic carbocycles. The predicted octanol–water partition coefficient (Wildman–Crippen LogP) is 4.65. The Morgan fingerprint density at radius 1 is 1.21 bits per heavy atom. The van der Waals surface area contributed by atoms with E-state index in [1.165, 1.54) is 4.31 Å². The van der Waals surface area contributed by atoms with Crippen molar-refractivity contribution in [3.8, 4) is 0 Å². The molecule has 28 heavy (non-hydrogen) atoms. The van der Waals surface area contributed by atoms with E-state index in [0.29, 0.717) is 29.4 Å². The van der Waals surface area contributed by atoms with Crippen molar-refractivity contribution in [2.45, 2.75) is 32.6 Å². The predicted molar refractivity (Wildman–Crippen MR) is 114 cm³/mol. The first-order valence-electron chi connectivity index (χ1n) is 9.49. The number of anilines is 2. The highest BCUT2D eigenvalue weighted by Gasteiger charge is 2.30. The maximum absolute atomic E-state index is 13.1. The van der Waals surface area contributed by atoms with E-state index in [0.717, 1.165) is 12.0 Å². The van der Waals surface area contributed by atoms with Gasteiger partial charge in [-0.05, 0) is 36.1 Å². The van der Waals surface area contributed by atoms with Gasteiger partial charge in [-0.15, -0.1) is 0 Å². The second-order valence-corrected chi connectivity index (χ2v) is 9.59. The number of nitrogens with zero attached hydrogens (tertiary/aromatic N) is 1. The highest BCUT2D eigenvalue weighted by molar-refractivity contribution is 7.93. The van der Waals surface area contributed by atoms with Crippen LogP contribution >= 0.6 is 11.6 Å². The molecule has 2 unspecified atom stereocenters. The molecular weight excluding hydrogens is 396 g/mol. The summed E-state index contributed by atoms with van der Waals surface area (Å²) in [6.07, 6.45) is 1.45. The van der Waals surface area contributed by atoms with Crippen LogP contribution in [0.25, 0.3) is 0 Å². The van der Waals surface area contributed by atoms with E-state index in [1.54, 1.807) is 18.2 Å². The highest BCUT2D eigenvalue weighted by Crippen LogP contribution is 2.33. The molecule has 7 heteroatoms. The van der Waals surface area contributed by atoms with E-state index in [4.69, 9.17) is 11.6 Å². The number of hydrogen-bond acceptors (Lipinski definition) is 3. The summed E-state index contributed by atoms with van der Waals surface area (Å²) in [4.78, 5) is 13.1. The number of halogens is 1. The lowest BCUT2D eigenvalue weighted by Gasteiger charge is -2.24. The Kier molecular flexibility index (Phi) is 6.30. The van der Waals surface area contributed by atoms with Crippen LogP contribution in [-0.2, 0) is 14.8 Å². The number of carbonyl (C=O) groups excluding carboxylic acids is 1. The lowest BCUT2D eigenvalue weighted by molar-refractivity contribution is -0.118. The SMILES string of the molecule is CCC(C)C(C(=O)Nc1cc(N2CCCS2(=O)=O)ccc1Cl)c1ccccc1. The summed E-state index contributed by atoms with van der Waals surface area (Å²) in [6.45, 7) is 4.54. The molecule has 0 radical (unpaired) electrons. The fourth-order valence-electron chi connectivity index (χ4n) is 3.54. The van der Waals surface area contributed by atoms with Crippen LogP contribution in [0.1, 0.15) is 38.2 Å². The second-order valence-electron chi connectivity index (χ2n) is 7.17. The van der Waals surface area contributed by atoms with Gasteiger partial charge in [-0.3, -0.25) is 9.10 Å². The fraction of sp³-hybridized carbons (Fsp3) is 0.381. The van der Waals surface area contributed by atoms with Crippen LogP contribution in [0.15, 0.2) is 48.5 Å². The fourth-order valence-corrected chi connectivity index (χ4v) is 5.26. The Balaban J connectivity index is 1.89. The van der Waals surface area contributed by atoms with Gasteiger partial charge >= 0.3 is 0 Å². The molecule has 0 aliphatic carbocycles. The molecule has 0 aromatic heterocycles. The lowest BCUT2D eigenvalue weighted by Crippen LogP contribution is -2.27. The highest BCUT2D eigenvalue weighted by atomic mass is 35.5. The topological polar surface area (TPSA) is 66.5 Å². The van der Waals surface area contributed by atoms with Gasteiger partial charge in [-0.1, -0.05) is 62.2 Å². The molecule has 5 nitrogen and oxygen atoms in total.